The van der Waals surface area contributed by atoms with Gasteiger partial charge in [0.25, 0.3) is 5.91 Å². The van der Waals surface area contributed by atoms with Gasteiger partial charge in [0.15, 0.2) is 0 Å². The predicted octanol–water partition coefficient (Wildman–Crippen LogP) is 4.26. The second-order valence-electron chi connectivity index (χ2n) is 18.9. The SMILES string of the molecule is C=S(=O)(C[C@H](CN(C)C)NC(=O)c1cc(-c2cccc(CN3O[C@@H](CO)[C@@H]([C@H](C)O)[C@H]3C(=O)N[C@H]3C[C@H]4C[C@@H]([C@@H]3C)C4(C)C)c2OC)cc(N(C)C)c1)C(C)(C)C. The molecule has 4 aliphatic rings. The molecule has 0 spiro atoms. The Morgan fingerprint density at radius 2 is 1.82 bits per heavy atom. The minimum absolute atomic E-state index is 0.0200. The summed E-state index contributed by atoms with van der Waals surface area (Å²) in [7, 11) is 6.71. The van der Waals surface area contributed by atoms with Crippen molar-refractivity contribution in [3.63, 3.8) is 0 Å². The van der Waals surface area contributed by atoms with Crippen molar-refractivity contribution in [2.24, 2.45) is 29.1 Å². The lowest BCUT2D eigenvalue weighted by molar-refractivity contribution is -0.183. The topological polar surface area (TPSA) is 144 Å². The van der Waals surface area contributed by atoms with E-state index in [0.29, 0.717) is 35.6 Å². The second-order valence-corrected chi connectivity index (χ2v) is 22.1. The molecule has 10 atom stereocenters. The summed E-state index contributed by atoms with van der Waals surface area (Å²) in [6.45, 7) is 14.5. The number of anilines is 1. The van der Waals surface area contributed by atoms with E-state index in [1.54, 1.807) is 19.1 Å². The first kappa shape index (κ1) is 44.9. The van der Waals surface area contributed by atoms with Crippen molar-refractivity contribution in [1.82, 2.24) is 20.6 Å². The molecule has 0 aromatic heterocycles. The Labute approximate surface area is 341 Å². The van der Waals surface area contributed by atoms with E-state index in [-0.39, 0.29) is 42.2 Å². The van der Waals surface area contributed by atoms with E-state index < -0.39 is 44.5 Å². The van der Waals surface area contributed by atoms with Crippen molar-refractivity contribution < 1.29 is 33.6 Å². The zero-order chi connectivity index (χ0) is 42.4. The molecule has 2 aromatic rings. The van der Waals surface area contributed by atoms with Crippen molar-refractivity contribution in [2.45, 2.75) is 103 Å². The number of methoxy groups -OCH3 is 1. The number of carbonyl (C=O) groups excluding carboxylic acids is 2. The lowest BCUT2D eigenvalue weighted by Crippen LogP contribution is -2.62. The molecule has 1 aliphatic heterocycles. The molecule has 318 valence electrons. The molecule has 4 fully saturated rings. The number of hydrogen-bond acceptors (Lipinski definition) is 10. The highest BCUT2D eigenvalue weighted by Crippen LogP contribution is 2.61. The molecule has 1 heterocycles. The molecule has 1 unspecified atom stereocenters. The molecule has 4 N–H and O–H groups in total. The number of benzene rings is 2. The molecular weight excluding hydrogens is 743 g/mol. The molecule has 57 heavy (non-hydrogen) atoms. The fourth-order valence-corrected chi connectivity index (χ4v) is 10.7. The number of nitrogens with zero attached hydrogens (tertiary/aromatic N) is 3. The van der Waals surface area contributed by atoms with Gasteiger partial charge >= 0.3 is 0 Å². The third-order valence-corrected chi connectivity index (χ3v) is 16.4. The van der Waals surface area contributed by atoms with E-state index in [2.05, 4.69) is 37.3 Å². The van der Waals surface area contributed by atoms with Gasteiger partial charge in [0.2, 0.25) is 5.91 Å². The van der Waals surface area contributed by atoms with Crippen LogP contribution in [0.15, 0.2) is 36.4 Å². The first-order valence-electron chi connectivity index (χ1n) is 20.3. The van der Waals surface area contributed by atoms with Crippen molar-refractivity contribution in [1.29, 1.82) is 0 Å². The number of carbonyl (C=O) groups is 2. The Kier molecular flexibility index (Phi) is 13.5. The number of rotatable bonds is 15. The molecule has 6 rings (SSSR count). The van der Waals surface area contributed by atoms with Crippen LogP contribution in [0.5, 0.6) is 5.75 Å². The van der Waals surface area contributed by atoms with Gasteiger partial charge in [-0.3, -0.25) is 18.6 Å². The second kappa shape index (κ2) is 17.2. The monoisotopic (exact) mass is 811 g/mol. The number of fused-ring (bicyclic) bond motifs is 2. The van der Waals surface area contributed by atoms with Crippen LogP contribution in [-0.2, 0) is 25.7 Å². The van der Waals surface area contributed by atoms with Crippen LogP contribution in [0.3, 0.4) is 0 Å². The fraction of sp³-hybridized carbons (Fsp3) is 0.659. The standard InChI is InChI=1S/C44H69N5O7S/c1-26-35-20-31(44(35,6)7)21-36(26)46-42(53)39-38(27(2)51)37(24-50)56-49(39)22-28-15-14-16-34(40(28)55-12)29-17-30(19-33(18-29)48(10)11)41(52)45-32(23-47(8)9)25-57(13,54)43(3,4)5/h14-19,26-27,31-32,35-39,50-51H,13,20-25H2,1-12H3,(H,45,52)(H,46,53)/t26-,27-,31+,32-,35-,36-,37-,38+,39-,57?/m0/s1. The summed E-state index contributed by atoms with van der Waals surface area (Å²) >= 11 is 0. The van der Waals surface area contributed by atoms with Gasteiger partial charge < -0.3 is 35.4 Å². The lowest BCUT2D eigenvalue weighted by atomic mass is 9.45. The van der Waals surface area contributed by atoms with E-state index in [1.807, 2.05) is 95.2 Å². The first-order valence-corrected chi connectivity index (χ1v) is 22.2. The highest BCUT2D eigenvalue weighted by molar-refractivity contribution is 8.01. The highest BCUT2D eigenvalue weighted by Gasteiger charge is 2.57. The number of likely N-dealkylation sites (N-methyl/N-ethyl adjacent to an activating group) is 1. The average Bonchev–Trinajstić information content (AvgIpc) is 3.49. The number of para-hydroxylation sites is 1. The van der Waals surface area contributed by atoms with E-state index in [9.17, 15) is 24.0 Å². The summed E-state index contributed by atoms with van der Waals surface area (Å²) in [6, 6.07) is 10.1. The third-order valence-electron chi connectivity index (χ3n) is 13.2. The Morgan fingerprint density at radius 3 is 2.37 bits per heavy atom. The van der Waals surface area contributed by atoms with Crippen molar-refractivity contribution in [2.75, 3.05) is 59.1 Å². The van der Waals surface area contributed by atoms with Crippen LogP contribution in [0.4, 0.5) is 5.69 Å². The van der Waals surface area contributed by atoms with Crippen LogP contribution < -0.4 is 20.3 Å². The largest absolute Gasteiger partial charge is 0.496 e. The molecule has 2 aromatic carbocycles. The van der Waals surface area contributed by atoms with Crippen LogP contribution >= 0.6 is 0 Å². The summed E-state index contributed by atoms with van der Waals surface area (Å²) < 4.78 is 19.2. The Bertz CT molecular complexity index is 1870. The molecule has 0 radical (unpaired) electrons. The molecular formula is C44H69N5O7S. The molecule has 13 heteroatoms. The number of ether oxygens (including phenoxy) is 1. The number of hydroxylamine groups is 2. The minimum Gasteiger partial charge on any atom is -0.496 e. The van der Waals surface area contributed by atoms with Gasteiger partial charge in [0.05, 0.1) is 32.4 Å². The molecule has 2 bridgehead atoms. The molecule has 12 nitrogen and oxygen atoms in total. The molecule has 3 saturated carbocycles. The number of hydrogen-bond donors (Lipinski definition) is 4. The van der Waals surface area contributed by atoms with Crippen molar-refractivity contribution in [3.05, 3.63) is 47.5 Å². The predicted molar refractivity (Wildman–Crippen MR) is 230 cm³/mol. The Balaban J connectivity index is 1.46. The Hall–Kier alpha value is -3.20. The van der Waals surface area contributed by atoms with Gasteiger partial charge in [-0.15, -0.1) is 0 Å². The van der Waals surface area contributed by atoms with Crippen molar-refractivity contribution >= 4 is 32.9 Å². The minimum atomic E-state index is -2.54. The van der Waals surface area contributed by atoms with E-state index in [4.69, 9.17) is 9.57 Å². The quantitative estimate of drug-likeness (QED) is 0.193. The zero-order valence-electron chi connectivity index (χ0n) is 36.3. The average molecular weight is 812 g/mol. The zero-order valence-corrected chi connectivity index (χ0v) is 37.1. The maximum atomic E-state index is 14.3. The Morgan fingerprint density at radius 1 is 1.14 bits per heavy atom. The first-order chi connectivity index (χ1) is 26.5. The summed E-state index contributed by atoms with van der Waals surface area (Å²) in [5, 5.41) is 29.4. The summed E-state index contributed by atoms with van der Waals surface area (Å²) in [5.41, 5.74) is 3.70. The van der Waals surface area contributed by atoms with Gasteiger partial charge in [0.1, 0.15) is 17.9 Å². The summed E-state index contributed by atoms with van der Waals surface area (Å²) in [6.07, 6.45) is 0.408. The van der Waals surface area contributed by atoms with E-state index in [1.165, 1.54) is 6.42 Å². The fourth-order valence-electron chi connectivity index (χ4n) is 9.41. The highest BCUT2D eigenvalue weighted by atomic mass is 32.2. The maximum absolute atomic E-state index is 14.3. The number of amides is 2. The van der Waals surface area contributed by atoms with Gasteiger partial charge in [-0.2, -0.15) is 5.06 Å². The normalized spacial score (nSPS) is 27.9. The molecule has 1 saturated heterocycles. The molecule has 3 aliphatic carbocycles. The van der Waals surface area contributed by atoms with Crippen LogP contribution in [0.25, 0.3) is 11.1 Å². The van der Waals surface area contributed by atoms with Crippen LogP contribution in [0, 0.1) is 29.1 Å². The van der Waals surface area contributed by atoms with E-state index in [0.717, 1.165) is 28.8 Å². The molecule has 2 amide bonds. The summed E-state index contributed by atoms with van der Waals surface area (Å²) in [5.74, 6) is 5.09. The van der Waals surface area contributed by atoms with Gasteiger partial charge in [-0.05, 0) is 117 Å². The number of nitrogens with one attached hydrogen (secondary N) is 2. The van der Waals surface area contributed by atoms with Crippen LogP contribution in [0.1, 0.15) is 77.2 Å². The van der Waals surface area contributed by atoms with E-state index >= 15 is 0 Å². The number of aliphatic hydroxyl groups excluding tert-OH is 2. The number of aliphatic hydroxyl groups is 2. The third kappa shape index (κ3) is 9.34. The van der Waals surface area contributed by atoms with Gasteiger partial charge in [-0.25, -0.2) is 0 Å². The van der Waals surface area contributed by atoms with Crippen molar-refractivity contribution in [3.8, 4) is 16.9 Å². The maximum Gasteiger partial charge on any atom is 0.251 e. The van der Waals surface area contributed by atoms with Crippen LogP contribution in [-0.4, -0.2) is 131 Å². The van der Waals surface area contributed by atoms with Gasteiger partial charge in [-0.1, -0.05) is 39.0 Å². The van der Waals surface area contributed by atoms with Crippen LogP contribution in [0.2, 0.25) is 0 Å². The smallest absolute Gasteiger partial charge is 0.251 e. The van der Waals surface area contributed by atoms with Gasteiger partial charge in [0, 0.05) is 65.5 Å². The lowest BCUT2D eigenvalue weighted by Gasteiger charge is -2.62. The summed E-state index contributed by atoms with van der Waals surface area (Å²) in [4.78, 5) is 38.5.